The monoisotopic (exact) mass is 204 g/mol. The van der Waals surface area contributed by atoms with Crippen LogP contribution < -0.4 is 0 Å². The average Bonchev–Trinajstić information content (AvgIpc) is 1.56. The highest BCUT2D eigenvalue weighted by Crippen LogP contribution is 2.45. The molecule has 0 aliphatic heterocycles. The molecule has 0 amide bonds. The van der Waals surface area contributed by atoms with Crippen LogP contribution in [0.5, 0.6) is 0 Å². The van der Waals surface area contributed by atoms with Crippen LogP contribution in [0.15, 0.2) is 0 Å². The third-order valence-corrected chi connectivity index (χ3v) is 4.83. The molecule has 0 heterocycles. The van der Waals surface area contributed by atoms with Crippen molar-refractivity contribution in [3.05, 3.63) is 0 Å². The van der Waals surface area contributed by atoms with Crippen molar-refractivity contribution in [1.29, 1.82) is 0 Å². The predicted octanol–water partition coefficient (Wildman–Crippen LogP) is -0.212. The van der Waals surface area contributed by atoms with Crippen molar-refractivity contribution in [3.63, 3.8) is 0 Å². The molecule has 0 saturated heterocycles. The van der Waals surface area contributed by atoms with Crippen LogP contribution in [0.4, 0.5) is 0 Å². The largest absolute Gasteiger partial charge is 0.346 e. The van der Waals surface area contributed by atoms with Crippen molar-refractivity contribution in [3.8, 4) is 0 Å². The van der Waals surface area contributed by atoms with Crippen molar-refractivity contribution in [1.82, 2.24) is 0 Å². The molecule has 0 aromatic rings. The van der Waals surface area contributed by atoms with E-state index in [-0.39, 0.29) is 6.42 Å². The lowest BCUT2D eigenvalue weighted by atomic mass is 10.6. The molecule has 1 atom stereocenters. The van der Waals surface area contributed by atoms with Gasteiger partial charge in [0.15, 0.2) is 4.99 Å². The number of rotatable bonds is 3. The second-order valence-corrected chi connectivity index (χ2v) is 5.72. The van der Waals surface area contributed by atoms with Gasteiger partial charge in [0.05, 0.1) is 0 Å². The maximum absolute atomic E-state index is 10.4. The smallest absolute Gasteiger partial charge is 0.323 e. The Labute approximate surface area is 64.1 Å². The lowest BCUT2D eigenvalue weighted by Crippen LogP contribution is -2.19. The molecule has 0 radical (unpaired) electrons. The Balaban J connectivity index is 4.88. The normalized spacial score (nSPS) is 16.4. The van der Waals surface area contributed by atoms with E-state index in [2.05, 4.69) is 0 Å². The van der Waals surface area contributed by atoms with Crippen molar-refractivity contribution in [2.24, 2.45) is 0 Å². The minimum Gasteiger partial charge on any atom is -0.323 e. The first-order chi connectivity index (χ1) is 4.69. The summed E-state index contributed by atoms with van der Waals surface area (Å²) in [4.78, 5) is 14.8. The van der Waals surface area contributed by atoms with Gasteiger partial charge in [-0.2, -0.15) is 8.42 Å². The molecule has 68 valence electrons. The first-order valence-corrected chi connectivity index (χ1v) is 5.89. The first kappa shape index (κ1) is 11.1. The molecule has 0 bridgehead atoms. The molecule has 0 aromatic heterocycles. The van der Waals surface area contributed by atoms with Gasteiger partial charge in [0.1, 0.15) is 0 Å². The second kappa shape index (κ2) is 3.20. The summed E-state index contributed by atoms with van der Waals surface area (Å²) in [5.41, 5.74) is 0. The van der Waals surface area contributed by atoms with Crippen molar-refractivity contribution in [2.45, 2.75) is 18.3 Å². The number of hydrogen-bond donors (Lipinski definition) is 3. The van der Waals surface area contributed by atoms with Gasteiger partial charge in [0.2, 0.25) is 0 Å². The second-order valence-electron chi connectivity index (χ2n) is 1.97. The zero-order valence-electron chi connectivity index (χ0n) is 5.71. The van der Waals surface area contributed by atoms with E-state index in [0.29, 0.717) is 0 Å². The molecule has 0 aliphatic rings. The van der Waals surface area contributed by atoms with Crippen molar-refractivity contribution in [2.75, 3.05) is 0 Å². The van der Waals surface area contributed by atoms with E-state index in [1.54, 1.807) is 0 Å². The predicted molar refractivity (Wildman–Crippen MR) is 37.7 cm³/mol. The quantitative estimate of drug-likeness (QED) is 0.433. The Kier molecular flexibility index (Phi) is 3.22. The fraction of sp³-hybridized carbons (Fsp3) is 1.00. The molecule has 1 unspecified atom stereocenters. The van der Waals surface area contributed by atoms with Gasteiger partial charge >= 0.3 is 7.60 Å². The maximum Gasteiger partial charge on any atom is 0.346 e. The summed E-state index contributed by atoms with van der Waals surface area (Å²) in [6.07, 6.45) is -0.316. The minimum atomic E-state index is -4.74. The zero-order chi connectivity index (χ0) is 9.28. The SMILES string of the molecule is CCC(P(=O)(O)O)S(=O)(=O)O. The first-order valence-electron chi connectivity index (χ1n) is 2.71. The molecule has 0 rings (SSSR count). The van der Waals surface area contributed by atoms with Gasteiger partial charge < -0.3 is 9.79 Å². The lowest BCUT2D eigenvalue weighted by Gasteiger charge is -2.11. The summed E-state index contributed by atoms with van der Waals surface area (Å²) in [5.74, 6) is 0. The average molecular weight is 204 g/mol. The van der Waals surface area contributed by atoms with E-state index in [0.717, 1.165) is 0 Å². The summed E-state index contributed by atoms with van der Waals surface area (Å²) < 4.78 is 39.2. The van der Waals surface area contributed by atoms with E-state index in [4.69, 9.17) is 14.3 Å². The Morgan fingerprint density at radius 2 is 1.82 bits per heavy atom. The van der Waals surface area contributed by atoms with E-state index in [9.17, 15) is 13.0 Å². The Hall–Kier alpha value is 0.0600. The van der Waals surface area contributed by atoms with E-state index >= 15 is 0 Å². The molecule has 6 nitrogen and oxygen atoms in total. The van der Waals surface area contributed by atoms with Gasteiger partial charge in [-0.1, -0.05) is 6.92 Å². The minimum absolute atomic E-state index is 0.316. The van der Waals surface area contributed by atoms with Crippen LogP contribution in [0.2, 0.25) is 0 Å². The molecular weight excluding hydrogens is 195 g/mol. The van der Waals surface area contributed by atoms with Gasteiger partial charge in [0, 0.05) is 0 Å². The molecule has 0 saturated carbocycles. The van der Waals surface area contributed by atoms with E-state index in [1.807, 2.05) is 0 Å². The molecule has 0 fully saturated rings. The fourth-order valence-electron chi connectivity index (χ4n) is 0.622. The van der Waals surface area contributed by atoms with Gasteiger partial charge in [-0.15, -0.1) is 0 Å². The standard InChI is InChI=1S/C3H9O6PS/c1-2-3(10(4,5)6)11(7,8)9/h3H,2H2,1H3,(H2,4,5,6)(H,7,8,9). The van der Waals surface area contributed by atoms with Crippen LogP contribution in [0.25, 0.3) is 0 Å². The van der Waals surface area contributed by atoms with Gasteiger partial charge in [-0.05, 0) is 6.42 Å². The Bertz CT molecular complexity index is 262. The topological polar surface area (TPSA) is 112 Å². The summed E-state index contributed by atoms with van der Waals surface area (Å²) in [5, 5.41) is 0. The summed E-state index contributed by atoms with van der Waals surface area (Å²) in [7, 11) is -9.37. The van der Waals surface area contributed by atoms with Gasteiger partial charge in [-0.25, -0.2) is 0 Å². The zero-order valence-corrected chi connectivity index (χ0v) is 7.42. The van der Waals surface area contributed by atoms with E-state index < -0.39 is 22.7 Å². The molecular formula is C3H9O6PS. The van der Waals surface area contributed by atoms with E-state index in [1.165, 1.54) is 6.92 Å². The van der Waals surface area contributed by atoms with Crippen LogP contribution in [0.3, 0.4) is 0 Å². The van der Waals surface area contributed by atoms with Crippen LogP contribution in [-0.2, 0) is 14.7 Å². The molecule has 3 N–H and O–H groups in total. The highest BCUT2D eigenvalue weighted by atomic mass is 32.2. The highest BCUT2D eigenvalue weighted by Gasteiger charge is 2.37. The lowest BCUT2D eigenvalue weighted by molar-refractivity contribution is 0.362. The fourth-order valence-corrected chi connectivity index (χ4v) is 2.91. The highest BCUT2D eigenvalue weighted by molar-refractivity contribution is 7.93. The summed E-state index contributed by atoms with van der Waals surface area (Å²) >= 11 is 0. The molecule has 11 heavy (non-hydrogen) atoms. The molecule has 0 spiro atoms. The van der Waals surface area contributed by atoms with Crippen molar-refractivity contribution < 1.29 is 27.3 Å². The molecule has 8 heteroatoms. The van der Waals surface area contributed by atoms with Crippen LogP contribution in [0, 0.1) is 0 Å². The Morgan fingerprint density at radius 1 is 1.45 bits per heavy atom. The third kappa shape index (κ3) is 3.31. The van der Waals surface area contributed by atoms with Crippen molar-refractivity contribution >= 4 is 17.7 Å². The van der Waals surface area contributed by atoms with Crippen LogP contribution in [0.1, 0.15) is 13.3 Å². The summed E-state index contributed by atoms with van der Waals surface area (Å²) in [6, 6.07) is 0. The molecule has 0 aromatic carbocycles. The summed E-state index contributed by atoms with van der Waals surface area (Å²) in [6.45, 7) is 1.26. The third-order valence-electron chi connectivity index (χ3n) is 1.07. The van der Waals surface area contributed by atoms with Crippen LogP contribution >= 0.6 is 7.60 Å². The maximum atomic E-state index is 10.4. The van der Waals surface area contributed by atoms with Gasteiger partial charge in [-0.3, -0.25) is 9.12 Å². The molecule has 0 aliphatic carbocycles. The Morgan fingerprint density at radius 3 is 1.82 bits per heavy atom. The van der Waals surface area contributed by atoms with Gasteiger partial charge in [0.25, 0.3) is 10.1 Å². The number of hydrogen-bond acceptors (Lipinski definition) is 3. The van der Waals surface area contributed by atoms with Crippen LogP contribution in [-0.4, -0.2) is 27.7 Å².